The van der Waals surface area contributed by atoms with E-state index in [-0.39, 0.29) is 5.60 Å². The molecule has 1 saturated carbocycles. The third-order valence-corrected chi connectivity index (χ3v) is 5.18. The molecule has 1 spiro atoms. The first-order chi connectivity index (χ1) is 9.30. The molecule has 2 atom stereocenters. The number of nitrogens with one attached hydrogen (secondary N) is 1. The number of hydrogen-bond donors (Lipinski definition) is 1. The van der Waals surface area contributed by atoms with Crippen LogP contribution in [0.15, 0.2) is 0 Å². The van der Waals surface area contributed by atoms with Gasteiger partial charge in [0.05, 0.1) is 5.60 Å². The largest absolute Gasteiger partial charge is 0.381 e. The summed E-state index contributed by atoms with van der Waals surface area (Å²) < 4.78 is 11.6. The zero-order valence-electron chi connectivity index (χ0n) is 12.3. The molecule has 2 heterocycles. The van der Waals surface area contributed by atoms with E-state index in [1.54, 1.807) is 0 Å². The molecule has 3 heteroatoms. The van der Waals surface area contributed by atoms with Crippen molar-refractivity contribution in [1.82, 2.24) is 5.32 Å². The smallest absolute Gasteiger partial charge is 0.0741 e. The Bertz CT molecular complexity index is 279. The molecule has 1 N–H and O–H groups in total. The first kappa shape index (κ1) is 13.8. The van der Waals surface area contributed by atoms with Crippen LogP contribution in [0.1, 0.15) is 58.3 Å². The first-order valence-corrected chi connectivity index (χ1v) is 8.27. The Morgan fingerprint density at radius 1 is 1.16 bits per heavy atom. The fourth-order valence-electron chi connectivity index (χ4n) is 3.70. The molecule has 0 amide bonds. The Morgan fingerprint density at radius 2 is 1.95 bits per heavy atom. The van der Waals surface area contributed by atoms with Crippen LogP contribution in [0, 0.1) is 5.92 Å². The third-order valence-electron chi connectivity index (χ3n) is 5.18. The average molecular weight is 267 g/mol. The van der Waals surface area contributed by atoms with E-state index in [0.717, 1.165) is 44.6 Å². The van der Waals surface area contributed by atoms with Crippen LogP contribution in [0.3, 0.4) is 0 Å². The van der Waals surface area contributed by atoms with Crippen LogP contribution in [-0.2, 0) is 9.47 Å². The van der Waals surface area contributed by atoms with Crippen molar-refractivity contribution in [1.29, 1.82) is 0 Å². The van der Waals surface area contributed by atoms with Crippen molar-refractivity contribution in [2.75, 3.05) is 19.8 Å². The second kappa shape index (κ2) is 6.11. The number of rotatable bonds is 5. The van der Waals surface area contributed by atoms with Crippen LogP contribution in [-0.4, -0.2) is 37.5 Å². The van der Waals surface area contributed by atoms with Gasteiger partial charge in [0.25, 0.3) is 0 Å². The summed E-state index contributed by atoms with van der Waals surface area (Å²) in [7, 11) is 0. The number of ether oxygens (including phenoxy) is 2. The van der Waals surface area contributed by atoms with Crippen molar-refractivity contribution >= 4 is 0 Å². The summed E-state index contributed by atoms with van der Waals surface area (Å²) in [6.45, 7) is 5.01. The Hall–Kier alpha value is -0.120. The Kier molecular flexibility index (Phi) is 4.45. The van der Waals surface area contributed by atoms with Gasteiger partial charge in [-0.05, 0) is 44.4 Å². The van der Waals surface area contributed by atoms with E-state index < -0.39 is 0 Å². The first-order valence-electron chi connectivity index (χ1n) is 8.27. The van der Waals surface area contributed by atoms with Crippen LogP contribution >= 0.6 is 0 Å². The highest BCUT2D eigenvalue weighted by atomic mass is 16.5. The molecular formula is C16H29NO2. The van der Waals surface area contributed by atoms with E-state index >= 15 is 0 Å². The third kappa shape index (κ3) is 3.71. The average Bonchev–Trinajstić information content (AvgIpc) is 3.23. The van der Waals surface area contributed by atoms with Crippen molar-refractivity contribution in [2.45, 2.75) is 76.0 Å². The maximum Gasteiger partial charge on any atom is 0.0741 e. The SMILES string of the molecule is CCC(CC1CC1)NC1CCOC2(CCOCC2)C1. The molecule has 3 rings (SSSR count). The van der Waals surface area contributed by atoms with E-state index in [9.17, 15) is 0 Å². The zero-order valence-corrected chi connectivity index (χ0v) is 12.3. The Labute approximate surface area is 117 Å². The molecule has 0 aromatic carbocycles. The molecule has 0 radical (unpaired) electrons. The van der Waals surface area contributed by atoms with Crippen LogP contribution in [0.5, 0.6) is 0 Å². The molecule has 2 saturated heterocycles. The van der Waals surface area contributed by atoms with Gasteiger partial charge >= 0.3 is 0 Å². The topological polar surface area (TPSA) is 30.5 Å². The zero-order chi connectivity index (χ0) is 13.1. The lowest BCUT2D eigenvalue weighted by Crippen LogP contribution is -2.51. The summed E-state index contributed by atoms with van der Waals surface area (Å²) in [5, 5.41) is 3.93. The molecule has 2 aliphatic heterocycles. The van der Waals surface area contributed by atoms with E-state index in [2.05, 4.69) is 12.2 Å². The van der Waals surface area contributed by atoms with E-state index in [1.165, 1.54) is 38.5 Å². The van der Waals surface area contributed by atoms with Crippen LogP contribution in [0.4, 0.5) is 0 Å². The molecule has 1 aliphatic carbocycles. The fourth-order valence-corrected chi connectivity index (χ4v) is 3.70. The summed E-state index contributed by atoms with van der Waals surface area (Å²) in [6.07, 6.45) is 10.1. The van der Waals surface area contributed by atoms with Crippen LogP contribution in [0.25, 0.3) is 0 Å². The minimum Gasteiger partial charge on any atom is -0.381 e. The molecule has 110 valence electrons. The Balaban J connectivity index is 1.51. The van der Waals surface area contributed by atoms with Gasteiger partial charge in [-0.15, -0.1) is 0 Å². The van der Waals surface area contributed by atoms with Crippen LogP contribution < -0.4 is 5.32 Å². The lowest BCUT2D eigenvalue weighted by Gasteiger charge is -2.44. The van der Waals surface area contributed by atoms with Gasteiger partial charge in [0.2, 0.25) is 0 Å². The van der Waals surface area contributed by atoms with E-state index in [0.29, 0.717) is 6.04 Å². The highest BCUT2D eigenvalue weighted by Crippen LogP contribution is 2.36. The molecule has 3 aliphatic rings. The molecule has 19 heavy (non-hydrogen) atoms. The highest BCUT2D eigenvalue weighted by molar-refractivity contribution is 4.93. The van der Waals surface area contributed by atoms with Crippen molar-refractivity contribution in [2.24, 2.45) is 5.92 Å². The molecule has 2 unspecified atom stereocenters. The van der Waals surface area contributed by atoms with Gasteiger partial charge in [0, 0.05) is 31.9 Å². The standard InChI is InChI=1S/C16H29NO2/c1-2-14(11-13-3-4-13)17-15-5-8-19-16(12-15)6-9-18-10-7-16/h13-15,17H,2-12H2,1H3. The van der Waals surface area contributed by atoms with Gasteiger partial charge in [-0.25, -0.2) is 0 Å². The molecule has 3 fully saturated rings. The predicted molar refractivity (Wildman–Crippen MR) is 76.3 cm³/mol. The summed E-state index contributed by atoms with van der Waals surface area (Å²) in [4.78, 5) is 0. The van der Waals surface area contributed by atoms with Crippen molar-refractivity contribution in [3.8, 4) is 0 Å². The quantitative estimate of drug-likeness (QED) is 0.831. The maximum atomic E-state index is 6.13. The van der Waals surface area contributed by atoms with E-state index in [1.807, 2.05) is 0 Å². The maximum absolute atomic E-state index is 6.13. The lowest BCUT2D eigenvalue weighted by molar-refractivity contribution is -0.141. The summed E-state index contributed by atoms with van der Waals surface area (Å²) in [5.74, 6) is 1.02. The van der Waals surface area contributed by atoms with Gasteiger partial charge in [0.15, 0.2) is 0 Å². The van der Waals surface area contributed by atoms with Crippen molar-refractivity contribution in [3.05, 3.63) is 0 Å². The van der Waals surface area contributed by atoms with Crippen molar-refractivity contribution < 1.29 is 9.47 Å². The fraction of sp³-hybridized carbons (Fsp3) is 1.00. The minimum absolute atomic E-state index is 0.131. The van der Waals surface area contributed by atoms with Gasteiger partial charge in [-0.3, -0.25) is 0 Å². The molecular weight excluding hydrogens is 238 g/mol. The Morgan fingerprint density at radius 3 is 2.63 bits per heavy atom. The summed E-state index contributed by atoms with van der Waals surface area (Å²) in [5.41, 5.74) is 0.131. The summed E-state index contributed by atoms with van der Waals surface area (Å²) in [6, 6.07) is 1.39. The van der Waals surface area contributed by atoms with Gasteiger partial charge < -0.3 is 14.8 Å². The van der Waals surface area contributed by atoms with Gasteiger partial charge in [-0.1, -0.05) is 19.8 Å². The molecule has 0 aromatic heterocycles. The predicted octanol–water partition coefficient (Wildman–Crippen LogP) is 2.88. The molecule has 0 bridgehead atoms. The second-order valence-electron chi connectivity index (χ2n) is 6.78. The normalized spacial score (nSPS) is 32.4. The van der Waals surface area contributed by atoms with Gasteiger partial charge in [0.1, 0.15) is 0 Å². The molecule has 0 aromatic rings. The van der Waals surface area contributed by atoms with E-state index in [4.69, 9.17) is 9.47 Å². The van der Waals surface area contributed by atoms with Crippen molar-refractivity contribution in [3.63, 3.8) is 0 Å². The van der Waals surface area contributed by atoms with Gasteiger partial charge in [-0.2, -0.15) is 0 Å². The minimum atomic E-state index is 0.131. The molecule has 3 nitrogen and oxygen atoms in total. The van der Waals surface area contributed by atoms with Crippen LogP contribution in [0.2, 0.25) is 0 Å². The summed E-state index contributed by atoms with van der Waals surface area (Å²) >= 11 is 0. The second-order valence-corrected chi connectivity index (χ2v) is 6.78. The lowest BCUT2D eigenvalue weighted by atomic mass is 9.83. The monoisotopic (exact) mass is 267 g/mol. The number of hydrogen-bond acceptors (Lipinski definition) is 3. The highest BCUT2D eigenvalue weighted by Gasteiger charge is 2.39.